The minimum Gasteiger partial charge on any atom is -0.487 e. The molecule has 0 unspecified atom stereocenters. The molecule has 0 spiro atoms. The molecule has 4 rings (SSSR count). The van der Waals surface area contributed by atoms with Gasteiger partial charge in [-0.05, 0) is 99.6 Å². The molecule has 154 valence electrons. The number of imidazole rings is 1. The maximum atomic E-state index is 9.73. The number of nitrogens with zero attached hydrogens (tertiary/aromatic N) is 2. The first-order valence-corrected chi connectivity index (χ1v) is 11.9. The van der Waals surface area contributed by atoms with E-state index in [1.54, 1.807) is 0 Å². The number of aromatic nitrogens is 2. The standard InChI is InChI=1S/C24H16ClI2N3O/c1-14-6-7-21-22(8-14)30-24(29-21)17(12-28)9-15-10-19(26)23(20(27)11-15)31-13-16-4-2-3-5-18(16)25/h2-11H,13H2,1H3,(H,29,30)/b17-9-. The van der Waals surface area contributed by atoms with Gasteiger partial charge in [-0.15, -0.1) is 0 Å². The Bertz CT molecular complexity index is 1330. The summed E-state index contributed by atoms with van der Waals surface area (Å²) < 4.78 is 7.97. The first-order valence-electron chi connectivity index (χ1n) is 9.38. The molecule has 7 heteroatoms. The lowest BCUT2D eigenvalue weighted by Gasteiger charge is -2.12. The summed E-state index contributed by atoms with van der Waals surface area (Å²) in [6.07, 6.45) is 1.84. The van der Waals surface area contributed by atoms with E-state index in [1.807, 2.05) is 67.6 Å². The summed E-state index contributed by atoms with van der Waals surface area (Å²) in [7, 11) is 0. The fourth-order valence-electron chi connectivity index (χ4n) is 3.14. The van der Waals surface area contributed by atoms with Crippen LogP contribution in [-0.2, 0) is 6.61 Å². The van der Waals surface area contributed by atoms with Gasteiger partial charge in [-0.2, -0.15) is 5.26 Å². The van der Waals surface area contributed by atoms with Gasteiger partial charge in [-0.3, -0.25) is 0 Å². The normalized spacial score (nSPS) is 11.5. The van der Waals surface area contributed by atoms with Crippen LogP contribution in [0.1, 0.15) is 22.5 Å². The zero-order valence-corrected chi connectivity index (χ0v) is 21.5. The molecule has 4 aromatic rings. The van der Waals surface area contributed by atoms with Gasteiger partial charge in [-0.25, -0.2) is 4.98 Å². The Morgan fingerprint density at radius 3 is 2.61 bits per heavy atom. The number of hydrogen-bond acceptors (Lipinski definition) is 3. The van der Waals surface area contributed by atoms with Crippen LogP contribution in [0.15, 0.2) is 54.6 Å². The number of nitrogens with one attached hydrogen (secondary N) is 1. The second kappa shape index (κ2) is 9.59. The van der Waals surface area contributed by atoms with Gasteiger partial charge in [0.1, 0.15) is 24.3 Å². The molecule has 0 fully saturated rings. The summed E-state index contributed by atoms with van der Waals surface area (Å²) in [4.78, 5) is 7.82. The lowest BCUT2D eigenvalue weighted by atomic mass is 10.1. The summed E-state index contributed by atoms with van der Waals surface area (Å²) in [5.41, 5.74) is 5.23. The SMILES string of the molecule is Cc1ccc2nc(/C(C#N)=C\c3cc(I)c(OCc4ccccc4Cl)c(I)c3)[nH]c2c1. The third kappa shape index (κ3) is 5.05. The van der Waals surface area contributed by atoms with E-state index in [0.717, 1.165) is 40.6 Å². The van der Waals surface area contributed by atoms with Crippen LogP contribution in [-0.4, -0.2) is 9.97 Å². The summed E-state index contributed by atoms with van der Waals surface area (Å²) >= 11 is 10.7. The Labute approximate surface area is 212 Å². The molecule has 0 bridgehead atoms. The lowest BCUT2D eigenvalue weighted by molar-refractivity contribution is 0.302. The highest BCUT2D eigenvalue weighted by molar-refractivity contribution is 14.1. The molecular weight excluding hydrogens is 636 g/mol. The Balaban J connectivity index is 1.62. The van der Waals surface area contributed by atoms with Gasteiger partial charge in [0.2, 0.25) is 0 Å². The van der Waals surface area contributed by atoms with E-state index in [4.69, 9.17) is 16.3 Å². The summed E-state index contributed by atoms with van der Waals surface area (Å²) in [6, 6.07) is 19.9. The van der Waals surface area contributed by atoms with Gasteiger partial charge < -0.3 is 9.72 Å². The Morgan fingerprint density at radius 1 is 1.16 bits per heavy atom. The fraction of sp³-hybridized carbons (Fsp3) is 0.0833. The van der Waals surface area contributed by atoms with Crippen LogP contribution in [0.3, 0.4) is 0 Å². The molecule has 0 aliphatic heterocycles. The number of aromatic amines is 1. The van der Waals surface area contributed by atoms with Gasteiger partial charge in [0.05, 0.1) is 23.7 Å². The van der Waals surface area contributed by atoms with Crippen LogP contribution in [0.2, 0.25) is 5.02 Å². The lowest BCUT2D eigenvalue weighted by Crippen LogP contribution is -2.00. The molecule has 1 N–H and O–H groups in total. The van der Waals surface area contributed by atoms with Crippen molar-refractivity contribution in [2.45, 2.75) is 13.5 Å². The Hall–Kier alpha value is -2.09. The summed E-state index contributed by atoms with van der Waals surface area (Å²) in [5, 5.41) is 10.4. The molecule has 1 aromatic heterocycles. The fourth-order valence-corrected chi connectivity index (χ4v) is 5.46. The van der Waals surface area contributed by atoms with E-state index in [0.29, 0.717) is 23.0 Å². The number of nitriles is 1. The van der Waals surface area contributed by atoms with Crippen molar-refractivity contribution in [2.75, 3.05) is 0 Å². The number of hydrogen-bond donors (Lipinski definition) is 1. The van der Waals surface area contributed by atoms with Crippen molar-refractivity contribution in [3.05, 3.63) is 89.3 Å². The molecule has 0 amide bonds. The molecule has 0 aliphatic carbocycles. The predicted molar refractivity (Wildman–Crippen MR) is 142 cm³/mol. The van der Waals surface area contributed by atoms with E-state index in [9.17, 15) is 5.26 Å². The Morgan fingerprint density at radius 2 is 1.90 bits per heavy atom. The first-order chi connectivity index (χ1) is 14.9. The minimum absolute atomic E-state index is 0.392. The monoisotopic (exact) mass is 651 g/mol. The number of H-pyrrole nitrogens is 1. The van der Waals surface area contributed by atoms with Crippen molar-refractivity contribution in [1.82, 2.24) is 9.97 Å². The molecule has 4 nitrogen and oxygen atoms in total. The van der Waals surface area contributed by atoms with Gasteiger partial charge in [-0.1, -0.05) is 35.9 Å². The Kier molecular flexibility index (Phi) is 6.84. The number of benzene rings is 3. The van der Waals surface area contributed by atoms with Crippen LogP contribution in [0.25, 0.3) is 22.7 Å². The molecule has 0 radical (unpaired) electrons. The molecule has 0 saturated carbocycles. The number of aryl methyl sites for hydroxylation is 1. The summed E-state index contributed by atoms with van der Waals surface area (Å²) in [6.45, 7) is 2.42. The highest BCUT2D eigenvalue weighted by Gasteiger charge is 2.12. The van der Waals surface area contributed by atoms with Crippen LogP contribution in [0, 0.1) is 25.4 Å². The number of fused-ring (bicyclic) bond motifs is 1. The number of rotatable bonds is 5. The summed E-state index contributed by atoms with van der Waals surface area (Å²) in [5.74, 6) is 1.36. The van der Waals surface area contributed by atoms with E-state index in [-0.39, 0.29) is 0 Å². The van der Waals surface area contributed by atoms with Crippen molar-refractivity contribution in [2.24, 2.45) is 0 Å². The second-order valence-corrected chi connectivity index (χ2v) is 9.70. The van der Waals surface area contributed by atoms with Crippen LogP contribution >= 0.6 is 56.8 Å². The smallest absolute Gasteiger partial charge is 0.149 e. The number of ether oxygens (including phenoxy) is 1. The van der Waals surface area contributed by atoms with Gasteiger partial charge in [0, 0.05) is 10.6 Å². The van der Waals surface area contributed by atoms with Crippen molar-refractivity contribution in [1.29, 1.82) is 5.26 Å². The third-order valence-corrected chi connectivity index (χ3v) is 6.65. The molecular formula is C24H16ClI2N3O. The van der Waals surface area contributed by atoms with Crippen molar-refractivity contribution >= 4 is 79.5 Å². The highest BCUT2D eigenvalue weighted by Crippen LogP contribution is 2.32. The van der Waals surface area contributed by atoms with Gasteiger partial charge >= 0.3 is 0 Å². The van der Waals surface area contributed by atoms with E-state index >= 15 is 0 Å². The van der Waals surface area contributed by atoms with E-state index in [2.05, 4.69) is 61.2 Å². The molecule has 1 heterocycles. The average Bonchev–Trinajstić information content (AvgIpc) is 3.15. The van der Waals surface area contributed by atoms with Gasteiger partial charge in [0.15, 0.2) is 0 Å². The predicted octanol–water partition coefficient (Wildman–Crippen LogP) is 7.38. The average molecular weight is 652 g/mol. The topological polar surface area (TPSA) is 61.7 Å². The molecule has 3 aromatic carbocycles. The van der Waals surface area contributed by atoms with Crippen LogP contribution in [0.4, 0.5) is 0 Å². The number of allylic oxidation sites excluding steroid dienone is 1. The minimum atomic E-state index is 0.392. The zero-order chi connectivity index (χ0) is 22.0. The third-order valence-electron chi connectivity index (χ3n) is 4.67. The largest absolute Gasteiger partial charge is 0.487 e. The maximum absolute atomic E-state index is 9.73. The molecule has 0 atom stereocenters. The van der Waals surface area contributed by atoms with E-state index in [1.165, 1.54) is 0 Å². The van der Waals surface area contributed by atoms with Crippen molar-refractivity contribution < 1.29 is 4.74 Å². The second-order valence-electron chi connectivity index (χ2n) is 6.97. The molecule has 0 saturated heterocycles. The van der Waals surface area contributed by atoms with Crippen LogP contribution in [0.5, 0.6) is 5.75 Å². The van der Waals surface area contributed by atoms with Crippen molar-refractivity contribution in [3.63, 3.8) is 0 Å². The maximum Gasteiger partial charge on any atom is 0.149 e. The zero-order valence-electron chi connectivity index (χ0n) is 16.4. The number of halogens is 3. The molecule has 31 heavy (non-hydrogen) atoms. The highest BCUT2D eigenvalue weighted by atomic mass is 127. The van der Waals surface area contributed by atoms with E-state index < -0.39 is 0 Å². The first kappa shape index (κ1) is 22.1. The molecule has 0 aliphatic rings. The van der Waals surface area contributed by atoms with Crippen molar-refractivity contribution in [3.8, 4) is 11.8 Å². The quantitative estimate of drug-likeness (QED) is 0.181. The van der Waals surface area contributed by atoms with Crippen LogP contribution < -0.4 is 4.74 Å². The van der Waals surface area contributed by atoms with Gasteiger partial charge in [0.25, 0.3) is 0 Å².